The lowest BCUT2D eigenvalue weighted by Crippen LogP contribution is -2.19. The van der Waals surface area contributed by atoms with E-state index in [9.17, 15) is 0 Å². The van der Waals surface area contributed by atoms with Crippen molar-refractivity contribution in [2.75, 3.05) is 19.8 Å². The smallest absolute Gasteiger partial charge is 0.157 e. The lowest BCUT2D eigenvalue weighted by molar-refractivity contribution is -0.148. The van der Waals surface area contributed by atoms with Crippen LogP contribution in [0.5, 0.6) is 0 Å². The van der Waals surface area contributed by atoms with Crippen LogP contribution >= 0.6 is 0 Å². The molecule has 0 heterocycles. The predicted octanol–water partition coefficient (Wildman–Crippen LogP) is 4.28. The topological polar surface area (TPSA) is 38.7 Å². The Kier molecular flexibility index (Phi) is 15.8. The highest BCUT2D eigenvalue weighted by molar-refractivity contribution is 4.49. The molecule has 0 fully saturated rings. The lowest BCUT2D eigenvalue weighted by Gasteiger charge is -2.18. The first kappa shape index (κ1) is 18.9. The van der Waals surface area contributed by atoms with Crippen LogP contribution in [0.4, 0.5) is 0 Å². The molecule has 0 radical (unpaired) electrons. The maximum atomic E-state index is 8.89. The summed E-state index contributed by atoms with van der Waals surface area (Å²) in [5.41, 5.74) is 0. The second-order valence-corrected chi connectivity index (χ2v) is 5.16. The number of unbranched alkanes of at least 4 members (excludes halogenated alkanes) is 6. The van der Waals surface area contributed by atoms with Crippen LogP contribution in [0.1, 0.15) is 78.1 Å². The Morgan fingerprint density at radius 1 is 0.737 bits per heavy atom. The summed E-state index contributed by atoms with van der Waals surface area (Å²) in [4.78, 5) is 0. The van der Waals surface area contributed by atoms with Gasteiger partial charge in [0, 0.05) is 26.2 Å². The van der Waals surface area contributed by atoms with E-state index in [4.69, 9.17) is 14.6 Å². The molecule has 0 atom stereocenters. The van der Waals surface area contributed by atoms with Gasteiger partial charge in [-0.05, 0) is 19.3 Å². The van der Waals surface area contributed by atoms with Crippen molar-refractivity contribution in [2.45, 2.75) is 84.3 Å². The number of hydrogen-bond donors (Lipinski definition) is 1. The number of aliphatic hydroxyl groups excluding tert-OH is 1. The number of aliphatic hydroxyl groups is 1. The molecule has 19 heavy (non-hydrogen) atoms. The fourth-order valence-corrected chi connectivity index (χ4v) is 1.96. The van der Waals surface area contributed by atoms with Gasteiger partial charge in [-0.1, -0.05) is 52.4 Å². The van der Waals surface area contributed by atoms with Crippen LogP contribution in [0.25, 0.3) is 0 Å². The van der Waals surface area contributed by atoms with E-state index in [0.29, 0.717) is 0 Å². The van der Waals surface area contributed by atoms with Crippen LogP contribution in [-0.2, 0) is 9.47 Å². The van der Waals surface area contributed by atoms with Crippen LogP contribution < -0.4 is 0 Å². The summed E-state index contributed by atoms with van der Waals surface area (Å²) in [7, 11) is 0. The zero-order chi connectivity index (χ0) is 14.2. The van der Waals surface area contributed by atoms with Gasteiger partial charge in [0.2, 0.25) is 0 Å². The molecule has 0 saturated heterocycles. The fraction of sp³-hybridized carbons (Fsp3) is 1.00. The molecule has 0 saturated carbocycles. The summed E-state index contributed by atoms with van der Waals surface area (Å²) >= 11 is 0. The minimum atomic E-state index is -0.115. The maximum absolute atomic E-state index is 8.89. The van der Waals surface area contributed by atoms with Crippen molar-refractivity contribution >= 4 is 0 Å². The SMILES string of the molecule is CCCCCCOC(CCCO)OCCCCCC. The highest BCUT2D eigenvalue weighted by atomic mass is 16.7. The maximum Gasteiger partial charge on any atom is 0.157 e. The van der Waals surface area contributed by atoms with E-state index < -0.39 is 0 Å². The Labute approximate surface area is 119 Å². The van der Waals surface area contributed by atoms with Gasteiger partial charge in [-0.25, -0.2) is 0 Å². The molecule has 0 aliphatic rings. The summed E-state index contributed by atoms with van der Waals surface area (Å²) in [6.45, 7) is 6.21. The normalized spacial score (nSPS) is 11.4. The first-order valence-corrected chi connectivity index (χ1v) is 8.19. The molecular formula is C16H34O3. The molecule has 3 heteroatoms. The highest BCUT2D eigenvalue weighted by Gasteiger charge is 2.08. The molecule has 0 spiro atoms. The van der Waals surface area contributed by atoms with Gasteiger partial charge in [-0.2, -0.15) is 0 Å². The summed E-state index contributed by atoms with van der Waals surface area (Å²) in [6.07, 6.45) is 11.2. The predicted molar refractivity (Wildman–Crippen MR) is 80.3 cm³/mol. The van der Waals surface area contributed by atoms with E-state index in [1.165, 1.54) is 38.5 Å². The molecule has 0 amide bonds. The number of hydrogen-bond acceptors (Lipinski definition) is 3. The van der Waals surface area contributed by atoms with Crippen LogP contribution in [-0.4, -0.2) is 31.2 Å². The van der Waals surface area contributed by atoms with E-state index >= 15 is 0 Å². The minimum absolute atomic E-state index is 0.115. The zero-order valence-corrected chi connectivity index (χ0v) is 13.0. The molecule has 0 aromatic carbocycles. The number of ether oxygens (including phenoxy) is 2. The fourth-order valence-electron chi connectivity index (χ4n) is 1.96. The van der Waals surface area contributed by atoms with Gasteiger partial charge in [0.05, 0.1) is 0 Å². The van der Waals surface area contributed by atoms with Crippen LogP contribution in [0.2, 0.25) is 0 Å². The summed E-state index contributed by atoms with van der Waals surface area (Å²) < 4.78 is 11.5. The van der Waals surface area contributed by atoms with Crippen LogP contribution in [0.3, 0.4) is 0 Å². The second kappa shape index (κ2) is 15.9. The Hall–Kier alpha value is -0.120. The van der Waals surface area contributed by atoms with Crippen molar-refractivity contribution < 1.29 is 14.6 Å². The third-order valence-electron chi connectivity index (χ3n) is 3.20. The van der Waals surface area contributed by atoms with Gasteiger partial charge < -0.3 is 14.6 Å². The van der Waals surface area contributed by atoms with Crippen molar-refractivity contribution in [3.8, 4) is 0 Å². The molecule has 0 rings (SSSR count). The largest absolute Gasteiger partial charge is 0.396 e. The van der Waals surface area contributed by atoms with Gasteiger partial charge >= 0.3 is 0 Å². The second-order valence-electron chi connectivity index (χ2n) is 5.16. The third-order valence-corrected chi connectivity index (χ3v) is 3.20. The van der Waals surface area contributed by atoms with Gasteiger partial charge in [-0.3, -0.25) is 0 Å². The van der Waals surface area contributed by atoms with Crippen molar-refractivity contribution in [3.63, 3.8) is 0 Å². The average Bonchev–Trinajstić information content (AvgIpc) is 2.43. The van der Waals surface area contributed by atoms with Crippen molar-refractivity contribution in [1.82, 2.24) is 0 Å². The Balaban J connectivity index is 3.57. The molecule has 0 aliphatic carbocycles. The molecule has 0 aromatic heterocycles. The van der Waals surface area contributed by atoms with E-state index in [2.05, 4.69) is 13.8 Å². The Morgan fingerprint density at radius 2 is 1.26 bits per heavy atom. The molecule has 1 N–H and O–H groups in total. The van der Waals surface area contributed by atoms with Crippen molar-refractivity contribution in [2.24, 2.45) is 0 Å². The van der Waals surface area contributed by atoms with E-state index in [1.807, 2.05) is 0 Å². The first-order valence-electron chi connectivity index (χ1n) is 8.19. The standard InChI is InChI=1S/C16H34O3/c1-3-5-7-9-14-18-16(12-11-13-17)19-15-10-8-6-4-2/h16-17H,3-15H2,1-2H3. The third kappa shape index (κ3) is 14.1. The first-order chi connectivity index (χ1) is 9.35. The van der Waals surface area contributed by atoms with Gasteiger partial charge in [0.25, 0.3) is 0 Å². The molecule has 116 valence electrons. The van der Waals surface area contributed by atoms with E-state index in [0.717, 1.165) is 38.9 Å². The zero-order valence-electron chi connectivity index (χ0n) is 13.0. The lowest BCUT2D eigenvalue weighted by atomic mass is 10.2. The molecule has 0 bridgehead atoms. The van der Waals surface area contributed by atoms with Crippen LogP contribution in [0.15, 0.2) is 0 Å². The Morgan fingerprint density at radius 3 is 1.68 bits per heavy atom. The van der Waals surface area contributed by atoms with Crippen molar-refractivity contribution in [3.05, 3.63) is 0 Å². The Bertz CT molecular complexity index is 148. The minimum Gasteiger partial charge on any atom is -0.396 e. The van der Waals surface area contributed by atoms with Gasteiger partial charge in [-0.15, -0.1) is 0 Å². The van der Waals surface area contributed by atoms with Gasteiger partial charge in [0.15, 0.2) is 6.29 Å². The van der Waals surface area contributed by atoms with Gasteiger partial charge in [0.1, 0.15) is 0 Å². The van der Waals surface area contributed by atoms with Crippen LogP contribution in [0, 0.1) is 0 Å². The monoisotopic (exact) mass is 274 g/mol. The average molecular weight is 274 g/mol. The van der Waals surface area contributed by atoms with E-state index in [-0.39, 0.29) is 12.9 Å². The highest BCUT2D eigenvalue weighted by Crippen LogP contribution is 2.09. The molecule has 3 nitrogen and oxygen atoms in total. The summed E-state index contributed by atoms with van der Waals surface area (Å²) in [5.74, 6) is 0. The molecule has 0 aromatic rings. The summed E-state index contributed by atoms with van der Waals surface area (Å²) in [5, 5.41) is 8.89. The number of rotatable bonds is 15. The quantitative estimate of drug-likeness (QED) is 0.358. The summed E-state index contributed by atoms with van der Waals surface area (Å²) in [6, 6.07) is 0. The van der Waals surface area contributed by atoms with Crippen molar-refractivity contribution in [1.29, 1.82) is 0 Å². The van der Waals surface area contributed by atoms with E-state index in [1.54, 1.807) is 0 Å². The molecular weight excluding hydrogens is 240 g/mol. The molecule has 0 aliphatic heterocycles. The molecule has 0 unspecified atom stereocenters.